The minimum atomic E-state index is -0.779. The van der Waals surface area contributed by atoms with Crippen molar-refractivity contribution in [3.05, 3.63) is 30.1 Å². The van der Waals surface area contributed by atoms with Gasteiger partial charge in [0.05, 0.1) is 0 Å². The predicted octanol–water partition coefficient (Wildman–Crippen LogP) is 7.76. The van der Waals surface area contributed by atoms with Crippen molar-refractivity contribution in [3.63, 3.8) is 0 Å². The minimum Gasteiger partial charge on any atom is -0.446 e. The number of aromatic nitrogens is 1. The fourth-order valence-electron chi connectivity index (χ4n) is 5.53. The average Bonchev–Trinajstić information content (AvgIpc) is 3.48. The van der Waals surface area contributed by atoms with Gasteiger partial charge in [0.25, 0.3) is 0 Å². The summed E-state index contributed by atoms with van der Waals surface area (Å²) in [7, 11) is 0. The van der Waals surface area contributed by atoms with Crippen molar-refractivity contribution in [2.24, 2.45) is 0 Å². The Morgan fingerprint density at radius 1 is 0.786 bits per heavy atom. The van der Waals surface area contributed by atoms with Crippen molar-refractivity contribution in [2.75, 3.05) is 26.4 Å². The number of carbonyl (C=O) groups excluding carboxylic acids is 2. The predicted molar refractivity (Wildman–Crippen MR) is 167 cm³/mol. The van der Waals surface area contributed by atoms with E-state index in [9.17, 15) is 9.59 Å². The van der Waals surface area contributed by atoms with Gasteiger partial charge in [-0.25, -0.2) is 14.2 Å². The number of nitrogens with zero attached hydrogens (tertiary/aromatic N) is 1. The Kier molecular flexibility index (Phi) is 19.8. The lowest BCUT2D eigenvalue weighted by Gasteiger charge is -2.27. The molecule has 0 bridgehead atoms. The maximum absolute atomic E-state index is 12.3. The van der Waals surface area contributed by atoms with E-state index in [1.54, 1.807) is 0 Å². The van der Waals surface area contributed by atoms with Crippen molar-refractivity contribution in [1.82, 2.24) is 10.6 Å². The highest BCUT2D eigenvalue weighted by Crippen LogP contribution is 2.26. The molecule has 1 aliphatic heterocycles. The molecule has 8 nitrogen and oxygen atoms in total. The standard InChI is InChI=1S/C34H59N3O5/c1-3-5-6-7-8-9-10-11-12-13-14-15-16-17-18-20-25-35-32(38)40-29-34(24-22-27-42-34)30-41-33(39)36-28-31-23-19-21-26-37(31)4-2/h19,21,23,26H,3-18,20,22,24-25,27-30H2,1-2H3,(H-,35,36,38,39)/p+1. The van der Waals surface area contributed by atoms with Gasteiger partial charge in [-0.3, -0.25) is 0 Å². The van der Waals surface area contributed by atoms with Gasteiger partial charge in [0.2, 0.25) is 5.69 Å². The van der Waals surface area contributed by atoms with Gasteiger partial charge in [0.1, 0.15) is 31.9 Å². The number of hydrogen-bond donors (Lipinski definition) is 2. The number of ether oxygens (including phenoxy) is 3. The van der Waals surface area contributed by atoms with Gasteiger partial charge in [0.15, 0.2) is 6.20 Å². The Morgan fingerprint density at radius 2 is 1.33 bits per heavy atom. The molecule has 1 atom stereocenters. The van der Waals surface area contributed by atoms with Crippen LogP contribution >= 0.6 is 0 Å². The van der Waals surface area contributed by atoms with Crippen LogP contribution in [0.3, 0.4) is 0 Å². The summed E-state index contributed by atoms with van der Waals surface area (Å²) in [5.74, 6) is 0. The molecule has 1 aromatic heterocycles. The number of hydrogen-bond acceptors (Lipinski definition) is 5. The number of nitrogens with one attached hydrogen (secondary N) is 2. The van der Waals surface area contributed by atoms with E-state index in [4.69, 9.17) is 14.2 Å². The molecule has 8 heteroatoms. The number of amides is 2. The van der Waals surface area contributed by atoms with Gasteiger partial charge < -0.3 is 24.8 Å². The molecule has 42 heavy (non-hydrogen) atoms. The Hall–Kier alpha value is -2.35. The van der Waals surface area contributed by atoms with Crippen LogP contribution in [0.4, 0.5) is 9.59 Å². The summed E-state index contributed by atoms with van der Waals surface area (Å²) in [5, 5.41) is 5.64. The minimum absolute atomic E-state index is 0.0494. The highest BCUT2D eigenvalue weighted by molar-refractivity contribution is 5.67. The Labute approximate surface area is 255 Å². The number of rotatable bonds is 24. The van der Waals surface area contributed by atoms with Gasteiger partial charge in [-0.1, -0.05) is 109 Å². The molecule has 2 N–H and O–H groups in total. The quantitative estimate of drug-likeness (QED) is 0.0949. The molecule has 0 radical (unpaired) electrons. The topological polar surface area (TPSA) is 89.8 Å². The van der Waals surface area contributed by atoms with E-state index in [2.05, 4.69) is 29.0 Å². The molecule has 2 amide bonds. The fourth-order valence-corrected chi connectivity index (χ4v) is 5.53. The summed E-state index contributed by atoms with van der Waals surface area (Å²) in [4.78, 5) is 24.6. The molecule has 2 rings (SSSR count). The van der Waals surface area contributed by atoms with E-state index in [0.717, 1.165) is 31.5 Å². The van der Waals surface area contributed by atoms with E-state index in [-0.39, 0.29) is 13.2 Å². The van der Waals surface area contributed by atoms with E-state index in [1.807, 2.05) is 24.4 Å². The summed E-state index contributed by atoms with van der Waals surface area (Å²) in [5.41, 5.74) is 0.215. The third kappa shape index (κ3) is 16.3. The molecule has 1 unspecified atom stereocenters. The lowest BCUT2D eigenvalue weighted by molar-refractivity contribution is -0.701. The Morgan fingerprint density at radius 3 is 1.86 bits per heavy atom. The second-order valence-electron chi connectivity index (χ2n) is 11.8. The summed E-state index contributed by atoms with van der Waals surface area (Å²) in [6.07, 6.45) is 23.8. The summed E-state index contributed by atoms with van der Waals surface area (Å²) >= 11 is 0. The molecule has 2 heterocycles. The zero-order chi connectivity index (χ0) is 30.1. The number of carbonyl (C=O) groups is 2. The maximum atomic E-state index is 12.3. The van der Waals surface area contributed by atoms with Crippen LogP contribution in [0.15, 0.2) is 24.4 Å². The molecule has 1 aromatic rings. The van der Waals surface area contributed by atoms with Crippen LogP contribution in [-0.2, 0) is 27.3 Å². The van der Waals surface area contributed by atoms with Crippen molar-refractivity contribution >= 4 is 12.2 Å². The van der Waals surface area contributed by atoms with Crippen LogP contribution in [0.1, 0.15) is 135 Å². The molecule has 0 aliphatic carbocycles. The zero-order valence-electron chi connectivity index (χ0n) is 26.8. The first-order valence-corrected chi connectivity index (χ1v) is 17.0. The second-order valence-corrected chi connectivity index (χ2v) is 11.8. The van der Waals surface area contributed by atoms with Crippen molar-refractivity contribution in [2.45, 2.75) is 148 Å². The first-order chi connectivity index (χ1) is 20.6. The van der Waals surface area contributed by atoms with Crippen molar-refractivity contribution in [1.29, 1.82) is 0 Å². The third-order valence-electron chi connectivity index (χ3n) is 8.21. The largest absolute Gasteiger partial charge is 0.446 e. The number of aryl methyl sites for hydroxylation is 1. The molecule has 0 aromatic carbocycles. The highest BCUT2D eigenvalue weighted by Gasteiger charge is 2.38. The van der Waals surface area contributed by atoms with Crippen LogP contribution in [0, 0.1) is 0 Å². The second kappa shape index (κ2) is 23.1. The van der Waals surface area contributed by atoms with Crippen LogP contribution in [0.5, 0.6) is 0 Å². The Bertz CT molecular complexity index is 844. The molecule has 1 fully saturated rings. The van der Waals surface area contributed by atoms with Gasteiger partial charge >= 0.3 is 12.2 Å². The van der Waals surface area contributed by atoms with Gasteiger partial charge in [0, 0.05) is 25.3 Å². The summed E-state index contributed by atoms with van der Waals surface area (Å²) in [6.45, 7) is 6.82. The molecule has 1 aliphatic rings. The SMILES string of the molecule is CCCCCCCCCCCCCCCCCCNC(=O)OCC1(COC(=O)NCc2cccc[n+]2CC)CCCO1. The van der Waals surface area contributed by atoms with Crippen LogP contribution < -0.4 is 15.2 Å². The molecular formula is C34H60N3O5+. The first kappa shape index (κ1) is 35.8. The maximum Gasteiger partial charge on any atom is 0.407 e. The van der Waals surface area contributed by atoms with Gasteiger partial charge in [-0.15, -0.1) is 0 Å². The van der Waals surface area contributed by atoms with E-state index >= 15 is 0 Å². The Balaban J connectivity index is 1.45. The smallest absolute Gasteiger partial charge is 0.407 e. The van der Waals surface area contributed by atoms with Crippen LogP contribution in [-0.4, -0.2) is 44.2 Å². The van der Waals surface area contributed by atoms with Gasteiger partial charge in [-0.05, 0) is 26.2 Å². The van der Waals surface area contributed by atoms with Crippen molar-refractivity contribution in [3.8, 4) is 0 Å². The molecule has 240 valence electrons. The summed E-state index contributed by atoms with van der Waals surface area (Å²) < 4.78 is 18.8. The molecular weight excluding hydrogens is 530 g/mol. The zero-order valence-corrected chi connectivity index (χ0v) is 26.8. The molecule has 0 saturated carbocycles. The van der Waals surface area contributed by atoms with Crippen LogP contribution in [0.25, 0.3) is 0 Å². The van der Waals surface area contributed by atoms with Gasteiger partial charge in [-0.2, -0.15) is 0 Å². The lowest BCUT2D eigenvalue weighted by atomic mass is 10.0. The van der Waals surface area contributed by atoms with Crippen LogP contribution in [0.2, 0.25) is 0 Å². The lowest BCUT2D eigenvalue weighted by Crippen LogP contribution is -2.44. The van der Waals surface area contributed by atoms with E-state index in [1.165, 1.54) is 89.9 Å². The number of pyridine rings is 1. The molecule has 0 spiro atoms. The van der Waals surface area contributed by atoms with E-state index in [0.29, 0.717) is 26.1 Å². The average molecular weight is 591 g/mol. The number of alkyl carbamates (subject to hydrolysis) is 2. The fraction of sp³-hybridized carbons (Fsp3) is 0.794. The number of unbranched alkanes of at least 4 members (excludes halogenated alkanes) is 15. The highest BCUT2D eigenvalue weighted by atomic mass is 16.6. The van der Waals surface area contributed by atoms with Crippen molar-refractivity contribution < 1.29 is 28.4 Å². The molecule has 1 saturated heterocycles. The first-order valence-electron chi connectivity index (χ1n) is 17.0. The van der Waals surface area contributed by atoms with E-state index < -0.39 is 17.8 Å². The summed E-state index contributed by atoms with van der Waals surface area (Å²) in [6, 6.07) is 5.88. The normalized spacial score (nSPS) is 16.3. The monoisotopic (exact) mass is 590 g/mol. The third-order valence-corrected chi connectivity index (χ3v) is 8.21.